The molecule has 0 bridgehead atoms. The fourth-order valence-corrected chi connectivity index (χ4v) is 5.26. The van der Waals surface area contributed by atoms with Crippen LogP contribution >= 0.6 is 22.6 Å². The van der Waals surface area contributed by atoms with Gasteiger partial charge in [-0.3, -0.25) is 0 Å². The Labute approximate surface area is 194 Å². The normalized spacial score (nSPS) is 15.2. The lowest BCUT2D eigenvalue weighted by molar-refractivity contribution is -0.439. The molecule has 0 N–H and O–H groups in total. The van der Waals surface area contributed by atoms with Crippen LogP contribution in [0.15, 0.2) is 24.3 Å². The summed E-state index contributed by atoms with van der Waals surface area (Å²) in [6.07, 6.45) is 20.1. The third kappa shape index (κ3) is 7.99. The Morgan fingerprint density at radius 3 is 1.66 bits per heavy atom. The Hall–Kier alpha value is -0.380. The highest BCUT2D eigenvalue weighted by Gasteiger charge is 2.42. The standard InChI is InChI=1S/C27H45IN/c1-24-27(2,3)25-20-16-17-21-26(25)29(24)23-19-15-13-11-9-7-5-4-6-8-10-12-14-18-22-28/h16-17,20-21H,4-15,18-19,22-23H2,1-3H3/q+1. The fourth-order valence-electron chi connectivity index (χ4n) is 4.72. The predicted molar refractivity (Wildman–Crippen MR) is 138 cm³/mol. The maximum atomic E-state index is 2.58. The van der Waals surface area contributed by atoms with Gasteiger partial charge < -0.3 is 0 Å². The number of rotatable bonds is 16. The Balaban J connectivity index is 1.47. The van der Waals surface area contributed by atoms with E-state index in [1.807, 2.05) is 0 Å². The van der Waals surface area contributed by atoms with Gasteiger partial charge in [0, 0.05) is 25.0 Å². The van der Waals surface area contributed by atoms with Crippen molar-refractivity contribution in [2.75, 3.05) is 11.0 Å². The van der Waals surface area contributed by atoms with Crippen LogP contribution in [0.1, 0.15) is 116 Å². The van der Waals surface area contributed by atoms with Crippen molar-refractivity contribution >= 4 is 34.0 Å². The van der Waals surface area contributed by atoms with E-state index in [0.29, 0.717) is 0 Å². The Kier molecular flexibility index (Phi) is 11.9. The smallest absolute Gasteiger partial charge is 0.199 e. The molecule has 0 spiro atoms. The topological polar surface area (TPSA) is 3.01 Å². The van der Waals surface area contributed by atoms with Gasteiger partial charge >= 0.3 is 0 Å². The molecule has 0 fully saturated rings. The largest absolute Gasteiger partial charge is 0.209 e. The van der Waals surface area contributed by atoms with Crippen molar-refractivity contribution in [2.24, 2.45) is 0 Å². The van der Waals surface area contributed by atoms with Gasteiger partial charge in [0.05, 0.1) is 5.41 Å². The molecule has 0 aliphatic carbocycles. The van der Waals surface area contributed by atoms with Gasteiger partial charge in [-0.15, -0.1) is 0 Å². The number of unbranched alkanes of at least 4 members (excludes halogenated alkanes) is 13. The Morgan fingerprint density at radius 1 is 0.690 bits per heavy atom. The van der Waals surface area contributed by atoms with Crippen LogP contribution in [-0.4, -0.2) is 21.3 Å². The molecule has 0 aromatic heterocycles. The van der Waals surface area contributed by atoms with Gasteiger partial charge in [-0.1, -0.05) is 111 Å². The highest BCUT2D eigenvalue weighted by atomic mass is 127. The molecule has 1 aromatic rings. The van der Waals surface area contributed by atoms with E-state index in [4.69, 9.17) is 0 Å². The van der Waals surface area contributed by atoms with E-state index in [0.717, 1.165) is 0 Å². The SMILES string of the molecule is CC1=[N+](CCCCCCCCCCCCCCCCI)c2ccccc2C1(C)C. The third-order valence-corrected chi connectivity index (χ3v) is 7.71. The summed E-state index contributed by atoms with van der Waals surface area (Å²) in [7, 11) is 0. The van der Waals surface area contributed by atoms with Crippen molar-refractivity contribution in [2.45, 2.75) is 116 Å². The lowest BCUT2D eigenvalue weighted by Crippen LogP contribution is -2.26. The molecule has 1 aliphatic rings. The Bertz CT molecular complexity index is 617. The van der Waals surface area contributed by atoms with Crippen molar-refractivity contribution in [3.63, 3.8) is 0 Å². The first-order chi connectivity index (χ1) is 14.1. The van der Waals surface area contributed by atoms with E-state index in [1.165, 1.54) is 118 Å². The summed E-state index contributed by atoms with van der Waals surface area (Å²) >= 11 is 2.49. The van der Waals surface area contributed by atoms with Crippen LogP contribution in [0.5, 0.6) is 0 Å². The number of nitrogens with zero attached hydrogens (tertiary/aromatic N) is 1. The van der Waals surface area contributed by atoms with Gasteiger partial charge in [0.2, 0.25) is 5.69 Å². The molecule has 1 aromatic carbocycles. The molecule has 1 nitrogen and oxygen atoms in total. The summed E-state index contributed by atoms with van der Waals surface area (Å²) in [5, 5.41) is 0. The summed E-state index contributed by atoms with van der Waals surface area (Å²) in [5.41, 5.74) is 4.65. The molecule has 29 heavy (non-hydrogen) atoms. The van der Waals surface area contributed by atoms with E-state index in [-0.39, 0.29) is 5.41 Å². The van der Waals surface area contributed by atoms with E-state index >= 15 is 0 Å². The van der Waals surface area contributed by atoms with Crippen LogP contribution in [0.2, 0.25) is 0 Å². The van der Waals surface area contributed by atoms with Crippen molar-refractivity contribution in [3.8, 4) is 0 Å². The average molecular weight is 511 g/mol. The minimum atomic E-state index is 0.186. The molecule has 164 valence electrons. The lowest BCUT2D eigenvalue weighted by Gasteiger charge is -2.14. The van der Waals surface area contributed by atoms with Crippen LogP contribution < -0.4 is 0 Å². The van der Waals surface area contributed by atoms with Gasteiger partial charge in [0.1, 0.15) is 6.54 Å². The number of hydrogen-bond donors (Lipinski definition) is 0. The first kappa shape index (κ1) is 24.9. The number of hydrogen-bond acceptors (Lipinski definition) is 0. The van der Waals surface area contributed by atoms with Crippen LogP contribution in [0.25, 0.3) is 0 Å². The van der Waals surface area contributed by atoms with Crippen molar-refractivity contribution in [1.82, 2.24) is 0 Å². The van der Waals surface area contributed by atoms with E-state index in [9.17, 15) is 0 Å². The second kappa shape index (κ2) is 13.8. The van der Waals surface area contributed by atoms with Gasteiger partial charge in [-0.25, -0.2) is 0 Å². The molecule has 0 unspecified atom stereocenters. The van der Waals surface area contributed by atoms with E-state index in [2.05, 4.69) is 72.2 Å². The number of para-hydroxylation sites is 1. The maximum absolute atomic E-state index is 2.58. The molecule has 0 radical (unpaired) electrons. The third-order valence-electron chi connectivity index (χ3n) is 6.94. The number of fused-ring (bicyclic) bond motifs is 1. The van der Waals surface area contributed by atoms with Gasteiger partial charge in [-0.2, -0.15) is 4.58 Å². The lowest BCUT2D eigenvalue weighted by atomic mass is 9.82. The molecule has 0 saturated heterocycles. The van der Waals surface area contributed by atoms with Crippen LogP contribution in [0.3, 0.4) is 0 Å². The molecule has 0 atom stereocenters. The molecule has 0 saturated carbocycles. The van der Waals surface area contributed by atoms with Crippen LogP contribution in [0.4, 0.5) is 5.69 Å². The zero-order valence-electron chi connectivity index (χ0n) is 19.4. The number of alkyl halides is 1. The monoisotopic (exact) mass is 510 g/mol. The molecular formula is C27H45IN+. The summed E-state index contributed by atoms with van der Waals surface area (Å²) < 4.78 is 3.91. The molecule has 1 aliphatic heterocycles. The highest BCUT2D eigenvalue weighted by molar-refractivity contribution is 14.1. The highest BCUT2D eigenvalue weighted by Crippen LogP contribution is 2.39. The average Bonchev–Trinajstić information content (AvgIpc) is 2.91. The zero-order chi connectivity index (χ0) is 21.0. The van der Waals surface area contributed by atoms with Crippen molar-refractivity contribution in [3.05, 3.63) is 29.8 Å². The zero-order valence-corrected chi connectivity index (χ0v) is 21.6. The summed E-state index contributed by atoms with van der Waals surface area (Å²) in [6, 6.07) is 8.99. The molecule has 2 heteroatoms. The van der Waals surface area contributed by atoms with Gasteiger partial charge in [0.25, 0.3) is 0 Å². The summed E-state index contributed by atoms with van der Waals surface area (Å²) in [6.45, 7) is 8.25. The van der Waals surface area contributed by atoms with Crippen LogP contribution in [-0.2, 0) is 5.41 Å². The predicted octanol–water partition coefficient (Wildman–Crippen LogP) is 8.98. The second-order valence-corrected chi connectivity index (χ2v) is 10.6. The van der Waals surface area contributed by atoms with Crippen LogP contribution in [0, 0.1) is 0 Å². The minimum Gasteiger partial charge on any atom is -0.199 e. The Morgan fingerprint density at radius 2 is 1.14 bits per heavy atom. The maximum Gasteiger partial charge on any atom is 0.209 e. The van der Waals surface area contributed by atoms with E-state index < -0.39 is 0 Å². The van der Waals surface area contributed by atoms with E-state index in [1.54, 1.807) is 0 Å². The summed E-state index contributed by atoms with van der Waals surface area (Å²) in [5.74, 6) is 0. The molecule has 0 amide bonds. The van der Waals surface area contributed by atoms with Gasteiger partial charge in [-0.05, 0) is 31.1 Å². The van der Waals surface area contributed by atoms with Gasteiger partial charge in [0.15, 0.2) is 5.71 Å². The molecular weight excluding hydrogens is 465 g/mol. The quantitative estimate of drug-likeness (QED) is 0.0904. The van der Waals surface area contributed by atoms with Crippen molar-refractivity contribution in [1.29, 1.82) is 0 Å². The summed E-state index contributed by atoms with van der Waals surface area (Å²) in [4.78, 5) is 0. The number of halogens is 1. The minimum absolute atomic E-state index is 0.186. The first-order valence-corrected chi connectivity index (χ1v) is 13.9. The fraction of sp³-hybridized carbons (Fsp3) is 0.741. The molecule has 1 heterocycles. The van der Waals surface area contributed by atoms with Crippen molar-refractivity contribution < 1.29 is 4.58 Å². The second-order valence-electron chi connectivity index (χ2n) is 9.52. The number of benzene rings is 1. The first-order valence-electron chi connectivity index (χ1n) is 12.4. The molecule has 2 rings (SSSR count).